The van der Waals surface area contributed by atoms with Crippen LogP contribution >= 0.6 is 0 Å². The third-order valence-corrected chi connectivity index (χ3v) is 2.60. The van der Waals surface area contributed by atoms with Gasteiger partial charge in [-0.05, 0) is 18.4 Å². The van der Waals surface area contributed by atoms with E-state index in [0.717, 1.165) is 12.0 Å². The third kappa shape index (κ3) is 2.56. The van der Waals surface area contributed by atoms with Gasteiger partial charge in [0.05, 0.1) is 6.10 Å². The largest absolute Gasteiger partial charge is 0.388 e. The summed E-state index contributed by atoms with van der Waals surface area (Å²) in [5.74, 6) is 0.336. The Bertz CT molecular complexity index is 250. The van der Waals surface area contributed by atoms with Gasteiger partial charge >= 0.3 is 0 Å². The molecule has 0 saturated heterocycles. The maximum atomic E-state index is 9.88. The molecule has 0 aliphatic rings. The van der Waals surface area contributed by atoms with Crippen LogP contribution < -0.4 is 0 Å². The van der Waals surface area contributed by atoms with Crippen LogP contribution in [0.2, 0.25) is 0 Å². The van der Waals surface area contributed by atoms with Gasteiger partial charge in [0, 0.05) is 0 Å². The molecule has 0 aromatic heterocycles. The molecule has 0 saturated carbocycles. The molecule has 0 heterocycles. The van der Waals surface area contributed by atoms with Gasteiger partial charge in [0.15, 0.2) is 0 Å². The molecule has 0 aliphatic heterocycles. The van der Waals surface area contributed by atoms with Gasteiger partial charge in [-0.15, -0.1) is 0 Å². The van der Waals surface area contributed by atoms with Gasteiger partial charge in [-0.3, -0.25) is 0 Å². The normalized spacial score (nSPS) is 15.4. The van der Waals surface area contributed by atoms with Crippen LogP contribution in [0.4, 0.5) is 0 Å². The molecule has 1 heteroatoms. The zero-order valence-corrected chi connectivity index (χ0v) is 8.62. The Balaban J connectivity index is 2.77. The minimum atomic E-state index is -0.314. The van der Waals surface area contributed by atoms with Crippen molar-refractivity contribution in [3.63, 3.8) is 0 Å². The molecule has 1 rings (SSSR count). The van der Waals surface area contributed by atoms with Crippen LogP contribution in [-0.2, 0) is 0 Å². The number of benzene rings is 1. The number of aryl methyl sites for hydroxylation is 1. The van der Waals surface area contributed by atoms with Crippen LogP contribution in [0.1, 0.15) is 37.5 Å². The van der Waals surface area contributed by atoms with E-state index in [-0.39, 0.29) is 6.10 Å². The Morgan fingerprint density at radius 2 is 1.77 bits per heavy atom. The summed E-state index contributed by atoms with van der Waals surface area (Å²) >= 11 is 0. The Hall–Kier alpha value is -0.820. The van der Waals surface area contributed by atoms with Gasteiger partial charge in [-0.1, -0.05) is 50.1 Å². The molecule has 1 nitrogen and oxygen atoms in total. The lowest BCUT2D eigenvalue weighted by atomic mass is 9.95. The van der Waals surface area contributed by atoms with E-state index in [1.165, 1.54) is 5.56 Å². The van der Waals surface area contributed by atoms with Gasteiger partial charge in [0.25, 0.3) is 0 Å². The number of aliphatic hydroxyl groups excluding tert-OH is 1. The van der Waals surface area contributed by atoms with Crippen molar-refractivity contribution >= 4 is 0 Å². The molecule has 0 spiro atoms. The van der Waals surface area contributed by atoms with Gasteiger partial charge in [0.2, 0.25) is 0 Å². The lowest BCUT2D eigenvalue weighted by molar-refractivity contribution is 0.115. The third-order valence-electron chi connectivity index (χ3n) is 2.60. The van der Waals surface area contributed by atoms with Crippen molar-refractivity contribution < 1.29 is 5.11 Å². The summed E-state index contributed by atoms with van der Waals surface area (Å²) in [5, 5.41) is 9.88. The minimum absolute atomic E-state index is 0.314. The van der Waals surface area contributed by atoms with E-state index in [2.05, 4.69) is 20.8 Å². The van der Waals surface area contributed by atoms with Crippen LogP contribution in [0.3, 0.4) is 0 Å². The van der Waals surface area contributed by atoms with E-state index in [4.69, 9.17) is 0 Å². The minimum Gasteiger partial charge on any atom is -0.388 e. The molecular weight excluding hydrogens is 160 g/mol. The SMILES string of the molecule is CCC(C)[C@H](O)c1ccc(C)cc1. The van der Waals surface area contributed by atoms with E-state index in [0.29, 0.717) is 5.92 Å². The highest BCUT2D eigenvalue weighted by Crippen LogP contribution is 2.23. The van der Waals surface area contributed by atoms with Crippen molar-refractivity contribution in [2.75, 3.05) is 0 Å². The van der Waals surface area contributed by atoms with Crippen molar-refractivity contribution in [3.05, 3.63) is 35.4 Å². The standard InChI is InChI=1S/C12H18O/c1-4-10(3)12(13)11-7-5-9(2)6-8-11/h5-8,10,12-13H,4H2,1-3H3/t10?,12-/m0/s1. The van der Waals surface area contributed by atoms with Crippen molar-refractivity contribution in [2.24, 2.45) is 5.92 Å². The molecule has 1 unspecified atom stereocenters. The van der Waals surface area contributed by atoms with E-state index in [1.807, 2.05) is 24.3 Å². The Kier molecular flexibility index (Phi) is 3.49. The van der Waals surface area contributed by atoms with Crippen LogP contribution in [0.15, 0.2) is 24.3 Å². The van der Waals surface area contributed by atoms with Crippen LogP contribution in [0.5, 0.6) is 0 Å². The molecule has 2 atom stereocenters. The average molecular weight is 178 g/mol. The number of hydrogen-bond donors (Lipinski definition) is 1. The molecule has 1 N–H and O–H groups in total. The molecular formula is C12H18O. The quantitative estimate of drug-likeness (QED) is 0.754. The molecule has 0 aliphatic carbocycles. The lowest BCUT2D eigenvalue weighted by Crippen LogP contribution is -2.07. The van der Waals surface area contributed by atoms with E-state index in [9.17, 15) is 5.11 Å². The fourth-order valence-electron chi connectivity index (χ4n) is 1.32. The fraction of sp³-hybridized carbons (Fsp3) is 0.500. The predicted molar refractivity (Wildman–Crippen MR) is 55.6 cm³/mol. The molecule has 0 radical (unpaired) electrons. The second-order valence-corrected chi connectivity index (χ2v) is 3.74. The van der Waals surface area contributed by atoms with Gasteiger partial charge in [0.1, 0.15) is 0 Å². The molecule has 72 valence electrons. The van der Waals surface area contributed by atoms with Crippen molar-refractivity contribution in [1.29, 1.82) is 0 Å². The highest BCUT2D eigenvalue weighted by molar-refractivity contribution is 5.23. The summed E-state index contributed by atoms with van der Waals surface area (Å²) in [7, 11) is 0. The number of hydrogen-bond acceptors (Lipinski definition) is 1. The van der Waals surface area contributed by atoms with Gasteiger partial charge in [-0.2, -0.15) is 0 Å². The Labute approximate surface area is 80.4 Å². The van der Waals surface area contributed by atoms with E-state index >= 15 is 0 Å². The zero-order chi connectivity index (χ0) is 9.84. The summed E-state index contributed by atoms with van der Waals surface area (Å²) < 4.78 is 0. The summed E-state index contributed by atoms with van der Waals surface area (Å²) in [5.41, 5.74) is 2.26. The summed E-state index contributed by atoms with van der Waals surface area (Å²) in [6.07, 6.45) is 0.695. The summed E-state index contributed by atoms with van der Waals surface area (Å²) in [4.78, 5) is 0. The van der Waals surface area contributed by atoms with Gasteiger partial charge in [-0.25, -0.2) is 0 Å². The molecule has 13 heavy (non-hydrogen) atoms. The topological polar surface area (TPSA) is 20.2 Å². The first-order valence-corrected chi connectivity index (χ1v) is 4.89. The monoisotopic (exact) mass is 178 g/mol. The first-order valence-electron chi connectivity index (χ1n) is 4.89. The Morgan fingerprint density at radius 3 is 2.23 bits per heavy atom. The maximum Gasteiger partial charge on any atom is 0.0815 e. The highest BCUT2D eigenvalue weighted by atomic mass is 16.3. The molecule has 0 fully saturated rings. The average Bonchev–Trinajstić information content (AvgIpc) is 2.17. The fourth-order valence-corrected chi connectivity index (χ4v) is 1.32. The lowest BCUT2D eigenvalue weighted by Gasteiger charge is -2.17. The van der Waals surface area contributed by atoms with E-state index < -0.39 is 0 Å². The molecule has 0 bridgehead atoms. The Morgan fingerprint density at radius 1 is 1.23 bits per heavy atom. The second-order valence-electron chi connectivity index (χ2n) is 3.74. The first-order chi connectivity index (χ1) is 6.15. The first kappa shape index (κ1) is 10.3. The van der Waals surface area contributed by atoms with E-state index in [1.54, 1.807) is 0 Å². The van der Waals surface area contributed by atoms with Crippen molar-refractivity contribution in [1.82, 2.24) is 0 Å². The summed E-state index contributed by atoms with van der Waals surface area (Å²) in [6, 6.07) is 8.10. The molecule has 0 amide bonds. The van der Waals surface area contributed by atoms with Gasteiger partial charge < -0.3 is 5.11 Å². The smallest absolute Gasteiger partial charge is 0.0815 e. The maximum absolute atomic E-state index is 9.88. The van der Waals surface area contributed by atoms with Crippen LogP contribution in [-0.4, -0.2) is 5.11 Å². The van der Waals surface area contributed by atoms with Crippen LogP contribution in [0.25, 0.3) is 0 Å². The van der Waals surface area contributed by atoms with Crippen LogP contribution in [0, 0.1) is 12.8 Å². The van der Waals surface area contributed by atoms with Crippen molar-refractivity contribution in [3.8, 4) is 0 Å². The van der Waals surface area contributed by atoms with Crippen molar-refractivity contribution in [2.45, 2.75) is 33.3 Å². The zero-order valence-electron chi connectivity index (χ0n) is 8.62. The molecule has 1 aromatic carbocycles. The molecule has 1 aromatic rings. The number of rotatable bonds is 3. The number of aliphatic hydroxyl groups is 1. The highest BCUT2D eigenvalue weighted by Gasteiger charge is 2.13. The summed E-state index contributed by atoms with van der Waals surface area (Å²) in [6.45, 7) is 6.23. The second kappa shape index (κ2) is 4.43. The predicted octanol–water partition coefficient (Wildman–Crippen LogP) is 3.07.